The number of amides is 1. The maximum atomic E-state index is 13.8. The number of halogens is 5. The van der Waals surface area contributed by atoms with Gasteiger partial charge >= 0.3 is 6.18 Å². The van der Waals surface area contributed by atoms with Crippen LogP contribution in [0, 0.1) is 11.6 Å². The van der Waals surface area contributed by atoms with Crippen molar-refractivity contribution in [3.8, 4) is 11.1 Å². The highest BCUT2D eigenvalue weighted by molar-refractivity contribution is 5.94. The van der Waals surface area contributed by atoms with Gasteiger partial charge in [-0.2, -0.15) is 13.2 Å². The first-order valence-electron chi connectivity index (χ1n) is 8.31. The highest BCUT2D eigenvalue weighted by Gasteiger charge is 2.35. The molecule has 1 amide bonds. The van der Waals surface area contributed by atoms with Gasteiger partial charge in [0, 0.05) is 29.4 Å². The number of nitrogens with zero attached hydrogens (tertiary/aromatic N) is 1. The number of benzene rings is 2. The van der Waals surface area contributed by atoms with E-state index in [1.54, 1.807) is 0 Å². The number of alkyl halides is 3. The Morgan fingerprint density at radius 1 is 1.00 bits per heavy atom. The number of rotatable bonds is 5. The van der Waals surface area contributed by atoms with Gasteiger partial charge in [0.1, 0.15) is 17.5 Å². The fourth-order valence-electron chi connectivity index (χ4n) is 2.80. The predicted octanol–water partition coefficient (Wildman–Crippen LogP) is 4.76. The number of hydrogen-bond donors (Lipinski definition) is 2. The van der Waals surface area contributed by atoms with Gasteiger partial charge in [-0.1, -0.05) is 12.1 Å². The van der Waals surface area contributed by atoms with E-state index in [-0.39, 0.29) is 34.6 Å². The number of nitrogens with one attached hydrogen (secondary N) is 1. The number of carbonyl (C=O) groups excluding carboxylic acids is 1. The molecule has 0 radical (unpaired) electrons. The Morgan fingerprint density at radius 3 is 2.31 bits per heavy atom. The Balaban J connectivity index is 2.04. The molecule has 2 aromatic carbocycles. The molecule has 0 fully saturated rings. The first kappa shape index (κ1) is 20.2. The van der Waals surface area contributed by atoms with Gasteiger partial charge < -0.3 is 11.1 Å². The van der Waals surface area contributed by atoms with Gasteiger partial charge in [0.2, 0.25) is 5.91 Å². The number of hydrogen-bond acceptors (Lipinski definition) is 3. The van der Waals surface area contributed by atoms with Crippen molar-refractivity contribution in [2.75, 3.05) is 5.32 Å². The van der Waals surface area contributed by atoms with Crippen molar-refractivity contribution in [2.24, 2.45) is 5.73 Å². The molecule has 3 rings (SSSR count). The van der Waals surface area contributed by atoms with Crippen molar-refractivity contribution in [1.29, 1.82) is 0 Å². The number of nitrogens with two attached hydrogens (primary N) is 1. The Morgan fingerprint density at radius 2 is 1.69 bits per heavy atom. The highest BCUT2D eigenvalue weighted by atomic mass is 19.4. The normalized spacial score (nSPS) is 11.3. The molecule has 3 N–H and O–H groups in total. The van der Waals surface area contributed by atoms with Crippen molar-refractivity contribution < 1.29 is 26.7 Å². The Hall–Kier alpha value is -3.49. The fourth-order valence-corrected chi connectivity index (χ4v) is 2.80. The Labute approximate surface area is 162 Å². The number of carbonyl (C=O) groups is 1. The molecule has 0 spiro atoms. The van der Waals surface area contributed by atoms with Crippen LogP contribution in [0.5, 0.6) is 0 Å². The molecule has 1 heterocycles. The third-order valence-corrected chi connectivity index (χ3v) is 4.20. The SMILES string of the molecule is NC(=O)c1ccc(-c2cccnc2NCc2c(F)cccc2F)c(C(F)(F)F)c1. The van der Waals surface area contributed by atoms with Gasteiger partial charge in [-0.15, -0.1) is 0 Å². The quantitative estimate of drug-likeness (QED) is 0.600. The maximum absolute atomic E-state index is 13.8. The second-order valence-electron chi connectivity index (χ2n) is 6.08. The fraction of sp³-hybridized carbons (Fsp3) is 0.100. The van der Waals surface area contributed by atoms with E-state index >= 15 is 0 Å². The molecule has 0 bridgehead atoms. The predicted molar refractivity (Wildman–Crippen MR) is 96.9 cm³/mol. The monoisotopic (exact) mass is 407 g/mol. The molecule has 150 valence electrons. The summed E-state index contributed by atoms with van der Waals surface area (Å²) in [4.78, 5) is 15.3. The molecule has 29 heavy (non-hydrogen) atoms. The molecular formula is C20H14F5N3O. The van der Waals surface area contributed by atoms with Crippen LogP contribution >= 0.6 is 0 Å². The molecule has 1 aromatic heterocycles. The topological polar surface area (TPSA) is 68.0 Å². The second-order valence-corrected chi connectivity index (χ2v) is 6.08. The maximum Gasteiger partial charge on any atom is 0.417 e. The molecule has 4 nitrogen and oxygen atoms in total. The van der Waals surface area contributed by atoms with Gasteiger partial charge in [0.25, 0.3) is 0 Å². The largest absolute Gasteiger partial charge is 0.417 e. The van der Waals surface area contributed by atoms with Crippen molar-refractivity contribution in [3.05, 3.63) is 83.1 Å². The second kappa shape index (κ2) is 7.86. The molecule has 0 aliphatic heterocycles. The van der Waals surface area contributed by atoms with E-state index in [9.17, 15) is 26.7 Å². The van der Waals surface area contributed by atoms with Crippen LogP contribution in [0.25, 0.3) is 11.1 Å². The molecular weight excluding hydrogens is 393 g/mol. The van der Waals surface area contributed by atoms with Crippen LogP contribution in [-0.2, 0) is 12.7 Å². The molecule has 3 aromatic rings. The van der Waals surface area contributed by atoms with Crippen LogP contribution in [0.4, 0.5) is 27.8 Å². The van der Waals surface area contributed by atoms with Gasteiger partial charge in [0.15, 0.2) is 0 Å². The Bertz CT molecular complexity index is 1050. The number of pyridine rings is 1. The average Bonchev–Trinajstić information content (AvgIpc) is 2.67. The minimum absolute atomic E-state index is 0.00696. The minimum Gasteiger partial charge on any atom is -0.366 e. The van der Waals surface area contributed by atoms with E-state index < -0.39 is 29.3 Å². The minimum atomic E-state index is -4.77. The first-order valence-corrected chi connectivity index (χ1v) is 8.31. The Kier molecular flexibility index (Phi) is 5.49. The van der Waals surface area contributed by atoms with Crippen molar-refractivity contribution in [2.45, 2.75) is 12.7 Å². The summed E-state index contributed by atoms with van der Waals surface area (Å²) in [5.41, 5.74) is 3.22. The van der Waals surface area contributed by atoms with Gasteiger partial charge in [-0.3, -0.25) is 4.79 Å². The first-order chi connectivity index (χ1) is 13.7. The summed E-state index contributed by atoms with van der Waals surface area (Å²) < 4.78 is 68.4. The van der Waals surface area contributed by atoms with Gasteiger partial charge in [-0.05, 0) is 42.0 Å². The van der Waals surface area contributed by atoms with E-state index in [4.69, 9.17) is 5.73 Å². The summed E-state index contributed by atoms with van der Waals surface area (Å²) >= 11 is 0. The molecule has 0 unspecified atom stereocenters. The zero-order chi connectivity index (χ0) is 21.2. The summed E-state index contributed by atoms with van der Waals surface area (Å²) in [5.74, 6) is -2.59. The smallest absolute Gasteiger partial charge is 0.366 e. The zero-order valence-electron chi connectivity index (χ0n) is 14.7. The summed E-state index contributed by atoms with van der Waals surface area (Å²) in [6.45, 7) is -0.330. The lowest BCUT2D eigenvalue weighted by atomic mass is 9.97. The summed E-state index contributed by atoms with van der Waals surface area (Å²) in [6, 6.07) is 9.08. The van der Waals surface area contributed by atoms with Crippen LogP contribution in [0.2, 0.25) is 0 Å². The highest BCUT2D eigenvalue weighted by Crippen LogP contribution is 2.39. The van der Waals surface area contributed by atoms with Crippen molar-refractivity contribution >= 4 is 11.7 Å². The van der Waals surface area contributed by atoms with Crippen LogP contribution in [0.3, 0.4) is 0 Å². The summed E-state index contributed by atoms with van der Waals surface area (Å²) in [7, 11) is 0. The third-order valence-electron chi connectivity index (χ3n) is 4.20. The van der Waals surface area contributed by atoms with Crippen LogP contribution in [0.1, 0.15) is 21.5 Å². The van der Waals surface area contributed by atoms with E-state index in [1.165, 1.54) is 30.5 Å². The lowest BCUT2D eigenvalue weighted by Crippen LogP contribution is -2.15. The van der Waals surface area contributed by atoms with Gasteiger partial charge in [-0.25, -0.2) is 13.8 Å². The van der Waals surface area contributed by atoms with Crippen molar-refractivity contribution in [3.63, 3.8) is 0 Å². The van der Waals surface area contributed by atoms with Gasteiger partial charge in [0.05, 0.1) is 5.56 Å². The number of aromatic nitrogens is 1. The molecule has 0 saturated heterocycles. The van der Waals surface area contributed by atoms with Crippen LogP contribution < -0.4 is 11.1 Å². The number of anilines is 1. The zero-order valence-corrected chi connectivity index (χ0v) is 14.7. The van der Waals surface area contributed by atoms with E-state index in [2.05, 4.69) is 10.3 Å². The number of primary amides is 1. The standard InChI is InChI=1S/C20H14F5N3O/c21-16-4-1-5-17(22)14(16)10-28-19-13(3-2-8-27-19)12-7-6-11(18(26)29)9-15(12)20(23,24)25/h1-9H,10H2,(H2,26,29)(H,27,28). The molecule has 9 heteroatoms. The third kappa shape index (κ3) is 4.34. The summed E-state index contributed by atoms with van der Waals surface area (Å²) in [5, 5.41) is 2.68. The van der Waals surface area contributed by atoms with Crippen molar-refractivity contribution in [1.82, 2.24) is 4.98 Å². The average molecular weight is 407 g/mol. The van der Waals surface area contributed by atoms with Crippen LogP contribution in [-0.4, -0.2) is 10.9 Å². The molecule has 0 aliphatic rings. The lowest BCUT2D eigenvalue weighted by Gasteiger charge is -2.17. The van der Waals surface area contributed by atoms with E-state index in [1.807, 2.05) is 0 Å². The molecule has 0 saturated carbocycles. The summed E-state index contributed by atoms with van der Waals surface area (Å²) in [6.07, 6.45) is -3.44. The lowest BCUT2D eigenvalue weighted by molar-refractivity contribution is -0.137. The molecule has 0 atom stereocenters. The van der Waals surface area contributed by atoms with E-state index in [0.29, 0.717) is 6.07 Å². The van der Waals surface area contributed by atoms with Crippen LogP contribution in [0.15, 0.2) is 54.7 Å². The molecule has 0 aliphatic carbocycles. The van der Waals surface area contributed by atoms with E-state index in [0.717, 1.165) is 18.2 Å².